The second-order valence-corrected chi connectivity index (χ2v) is 7.93. The fraction of sp³-hybridized carbons (Fsp3) is 0.615. The molecule has 0 radical (unpaired) electrons. The molecular formula is C13H20N2O4S2. The highest BCUT2D eigenvalue weighted by atomic mass is 32.2. The molecule has 2 rings (SSSR count). The van der Waals surface area contributed by atoms with Gasteiger partial charge in [0.15, 0.2) is 0 Å². The first-order chi connectivity index (χ1) is 9.91. The standard InChI is InChI=1S/C13H20N2O4S2/c1-9-8-20-11(13(16)19-2)12(9)21(17,18)15-5-3-4-10(6-14)7-15/h8,10H,3-7,14H2,1-2H3. The van der Waals surface area contributed by atoms with Gasteiger partial charge in [-0.2, -0.15) is 4.31 Å². The summed E-state index contributed by atoms with van der Waals surface area (Å²) in [5.74, 6) is -0.437. The molecule has 21 heavy (non-hydrogen) atoms. The average molecular weight is 332 g/mol. The monoisotopic (exact) mass is 332 g/mol. The zero-order chi connectivity index (χ0) is 15.6. The van der Waals surface area contributed by atoms with Crippen LogP contribution in [0.4, 0.5) is 0 Å². The number of carbonyl (C=O) groups excluding carboxylic acids is 1. The van der Waals surface area contributed by atoms with Crippen molar-refractivity contribution in [3.63, 3.8) is 0 Å². The molecule has 0 bridgehead atoms. The van der Waals surface area contributed by atoms with Gasteiger partial charge in [0.25, 0.3) is 0 Å². The molecule has 118 valence electrons. The van der Waals surface area contributed by atoms with Gasteiger partial charge < -0.3 is 10.5 Å². The number of piperidine rings is 1. The van der Waals surface area contributed by atoms with Crippen LogP contribution < -0.4 is 5.73 Å². The molecule has 1 aliphatic heterocycles. The molecule has 1 saturated heterocycles. The Balaban J connectivity index is 2.40. The van der Waals surface area contributed by atoms with Crippen molar-refractivity contribution in [2.24, 2.45) is 11.7 Å². The lowest BCUT2D eigenvalue weighted by atomic mass is 10.0. The second kappa shape index (κ2) is 6.43. The summed E-state index contributed by atoms with van der Waals surface area (Å²) in [5, 5.41) is 1.67. The fourth-order valence-electron chi connectivity index (χ4n) is 2.55. The number of ether oxygens (including phenoxy) is 1. The van der Waals surface area contributed by atoms with Crippen molar-refractivity contribution in [2.75, 3.05) is 26.7 Å². The molecule has 2 N–H and O–H groups in total. The predicted octanol–water partition coefficient (Wildman–Crippen LogP) is 1.20. The van der Waals surface area contributed by atoms with Crippen LogP contribution in [0.3, 0.4) is 0 Å². The smallest absolute Gasteiger partial charge is 0.349 e. The maximum Gasteiger partial charge on any atom is 0.349 e. The molecule has 0 aromatic carbocycles. The molecule has 1 aliphatic rings. The Morgan fingerprint density at radius 1 is 1.57 bits per heavy atom. The summed E-state index contributed by atoms with van der Waals surface area (Å²) in [6, 6.07) is 0. The van der Waals surface area contributed by atoms with E-state index in [9.17, 15) is 13.2 Å². The lowest BCUT2D eigenvalue weighted by Gasteiger charge is -2.31. The van der Waals surface area contributed by atoms with Gasteiger partial charge in [-0.3, -0.25) is 0 Å². The summed E-state index contributed by atoms with van der Waals surface area (Å²) < 4.78 is 31.8. The zero-order valence-corrected chi connectivity index (χ0v) is 13.8. The van der Waals surface area contributed by atoms with E-state index in [0.29, 0.717) is 25.2 Å². The van der Waals surface area contributed by atoms with Gasteiger partial charge in [0.05, 0.1) is 7.11 Å². The number of nitrogens with zero attached hydrogens (tertiary/aromatic N) is 1. The number of carbonyl (C=O) groups is 1. The minimum Gasteiger partial charge on any atom is -0.465 e. The Hall–Kier alpha value is -0.960. The average Bonchev–Trinajstić information content (AvgIpc) is 2.89. The highest BCUT2D eigenvalue weighted by molar-refractivity contribution is 7.89. The molecule has 2 heterocycles. The van der Waals surface area contributed by atoms with Crippen molar-refractivity contribution < 1.29 is 17.9 Å². The Morgan fingerprint density at radius 3 is 2.90 bits per heavy atom. The molecule has 0 saturated carbocycles. The number of nitrogens with two attached hydrogens (primary N) is 1. The maximum absolute atomic E-state index is 12.9. The van der Waals surface area contributed by atoms with Gasteiger partial charge in [-0.15, -0.1) is 11.3 Å². The summed E-state index contributed by atoms with van der Waals surface area (Å²) in [5.41, 5.74) is 6.24. The molecule has 6 nitrogen and oxygen atoms in total. The number of methoxy groups -OCH3 is 1. The van der Waals surface area contributed by atoms with Gasteiger partial charge in [-0.05, 0) is 43.2 Å². The van der Waals surface area contributed by atoms with E-state index in [1.807, 2.05) is 0 Å². The second-order valence-electron chi connectivity index (χ2n) is 5.18. The Kier molecular flexibility index (Phi) is 5.03. The minimum absolute atomic E-state index is 0.0806. The van der Waals surface area contributed by atoms with E-state index in [4.69, 9.17) is 5.73 Å². The molecule has 1 fully saturated rings. The van der Waals surface area contributed by atoms with Gasteiger partial charge >= 0.3 is 5.97 Å². The lowest BCUT2D eigenvalue weighted by molar-refractivity contribution is 0.0602. The Bertz CT molecular complexity index is 624. The van der Waals surface area contributed by atoms with E-state index in [2.05, 4.69) is 4.74 Å². The molecular weight excluding hydrogens is 312 g/mol. The van der Waals surface area contributed by atoms with Gasteiger partial charge in [0.2, 0.25) is 10.0 Å². The van der Waals surface area contributed by atoms with E-state index in [-0.39, 0.29) is 15.7 Å². The number of esters is 1. The van der Waals surface area contributed by atoms with Crippen molar-refractivity contribution >= 4 is 27.3 Å². The van der Waals surface area contributed by atoms with Crippen LogP contribution in [0.15, 0.2) is 10.3 Å². The van der Waals surface area contributed by atoms with Crippen molar-refractivity contribution in [3.05, 3.63) is 15.8 Å². The van der Waals surface area contributed by atoms with Crippen LogP contribution in [-0.4, -0.2) is 45.4 Å². The third-order valence-corrected chi connectivity index (χ3v) is 6.96. The van der Waals surface area contributed by atoms with Crippen molar-refractivity contribution in [1.29, 1.82) is 0 Å². The topological polar surface area (TPSA) is 89.7 Å². The highest BCUT2D eigenvalue weighted by Gasteiger charge is 2.35. The normalized spacial score (nSPS) is 20.4. The van der Waals surface area contributed by atoms with Crippen LogP contribution in [0.1, 0.15) is 28.1 Å². The molecule has 1 unspecified atom stereocenters. The fourth-order valence-corrected chi connectivity index (χ4v) is 5.77. The first kappa shape index (κ1) is 16.4. The summed E-state index contributed by atoms with van der Waals surface area (Å²) in [6.45, 7) is 3.04. The predicted molar refractivity (Wildman–Crippen MR) is 80.9 cm³/mol. The largest absolute Gasteiger partial charge is 0.465 e. The number of aryl methyl sites for hydroxylation is 1. The lowest BCUT2D eigenvalue weighted by Crippen LogP contribution is -2.42. The van der Waals surface area contributed by atoms with E-state index in [0.717, 1.165) is 24.2 Å². The third-order valence-electron chi connectivity index (χ3n) is 3.70. The number of hydrogen-bond acceptors (Lipinski definition) is 6. The quantitative estimate of drug-likeness (QED) is 0.837. The van der Waals surface area contributed by atoms with Crippen LogP contribution in [0.2, 0.25) is 0 Å². The summed E-state index contributed by atoms with van der Waals surface area (Å²) in [4.78, 5) is 12.0. The summed E-state index contributed by atoms with van der Waals surface area (Å²) >= 11 is 1.10. The van der Waals surface area contributed by atoms with Crippen LogP contribution in [0.5, 0.6) is 0 Å². The van der Waals surface area contributed by atoms with Gasteiger partial charge in [0.1, 0.15) is 9.77 Å². The van der Waals surface area contributed by atoms with Gasteiger partial charge in [-0.25, -0.2) is 13.2 Å². The Labute approximate surface area is 128 Å². The zero-order valence-electron chi connectivity index (χ0n) is 12.2. The Morgan fingerprint density at radius 2 is 2.29 bits per heavy atom. The molecule has 0 amide bonds. The van der Waals surface area contributed by atoms with E-state index in [1.165, 1.54) is 11.4 Å². The maximum atomic E-state index is 12.9. The minimum atomic E-state index is -3.69. The number of rotatable bonds is 4. The molecule has 1 atom stereocenters. The van der Waals surface area contributed by atoms with Crippen LogP contribution in [0, 0.1) is 12.8 Å². The first-order valence-corrected chi connectivity index (χ1v) is 9.10. The van der Waals surface area contributed by atoms with E-state index in [1.54, 1.807) is 12.3 Å². The molecule has 1 aromatic rings. The summed E-state index contributed by atoms with van der Waals surface area (Å²) in [7, 11) is -2.44. The SMILES string of the molecule is COC(=O)c1scc(C)c1S(=O)(=O)N1CCCC(CN)C1. The van der Waals surface area contributed by atoms with Gasteiger partial charge in [-0.1, -0.05) is 0 Å². The van der Waals surface area contributed by atoms with Crippen LogP contribution in [0.25, 0.3) is 0 Å². The molecule has 0 spiro atoms. The molecule has 1 aromatic heterocycles. The molecule has 0 aliphatic carbocycles. The van der Waals surface area contributed by atoms with Crippen LogP contribution >= 0.6 is 11.3 Å². The van der Waals surface area contributed by atoms with Crippen LogP contribution in [-0.2, 0) is 14.8 Å². The van der Waals surface area contributed by atoms with Gasteiger partial charge in [0, 0.05) is 13.1 Å². The molecule has 8 heteroatoms. The van der Waals surface area contributed by atoms with Crippen molar-refractivity contribution in [2.45, 2.75) is 24.7 Å². The summed E-state index contributed by atoms with van der Waals surface area (Å²) in [6.07, 6.45) is 1.73. The first-order valence-electron chi connectivity index (χ1n) is 6.78. The number of thiophene rings is 1. The third kappa shape index (κ3) is 3.13. The highest BCUT2D eigenvalue weighted by Crippen LogP contribution is 2.32. The number of sulfonamides is 1. The van der Waals surface area contributed by atoms with E-state index < -0.39 is 16.0 Å². The van der Waals surface area contributed by atoms with Crippen molar-refractivity contribution in [1.82, 2.24) is 4.31 Å². The number of hydrogen-bond donors (Lipinski definition) is 1. The van der Waals surface area contributed by atoms with Crippen molar-refractivity contribution in [3.8, 4) is 0 Å². The van der Waals surface area contributed by atoms with E-state index >= 15 is 0 Å².